The lowest BCUT2D eigenvalue weighted by Gasteiger charge is -2.05. The largest absolute Gasteiger partial charge is 0.478 e. The molecular formula is C10H8ClN5O2. The maximum atomic E-state index is 10.8. The first-order valence-electron chi connectivity index (χ1n) is 4.56. The standard InChI is InChI=1S/C10H8ClN5O2/c11-6-2-1-5(10(17)18)3-7(6)15-16-8(4-12)9(13)14/h1-3,15H,(H3,13,14)(H,17,18)/b16-8+. The van der Waals surface area contributed by atoms with Crippen molar-refractivity contribution in [2.75, 3.05) is 5.43 Å². The molecular weight excluding hydrogens is 258 g/mol. The van der Waals surface area contributed by atoms with Gasteiger partial charge in [-0.25, -0.2) is 4.79 Å². The molecule has 0 bridgehead atoms. The number of carbonyl (C=O) groups is 1. The molecule has 18 heavy (non-hydrogen) atoms. The Morgan fingerprint density at radius 1 is 1.61 bits per heavy atom. The molecule has 0 aliphatic heterocycles. The number of amidine groups is 1. The normalized spacial score (nSPS) is 10.6. The Morgan fingerprint density at radius 2 is 2.28 bits per heavy atom. The van der Waals surface area contributed by atoms with Crippen LogP contribution in [0.5, 0.6) is 0 Å². The number of carboxylic acids is 1. The van der Waals surface area contributed by atoms with Crippen molar-refractivity contribution in [3.05, 3.63) is 28.8 Å². The molecule has 8 heteroatoms. The number of carboxylic acid groups (broad SMARTS) is 1. The minimum absolute atomic E-state index is 0.0124. The third kappa shape index (κ3) is 3.20. The molecule has 0 atom stereocenters. The maximum absolute atomic E-state index is 10.8. The fourth-order valence-electron chi connectivity index (χ4n) is 1.01. The van der Waals surface area contributed by atoms with Crippen molar-refractivity contribution >= 4 is 34.8 Å². The van der Waals surface area contributed by atoms with E-state index in [1.54, 1.807) is 6.07 Å². The molecule has 7 nitrogen and oxygen atoms in total. The maximum Gasteiger partial charge on any atom is 0.335 e. The van der Waals surface area contributed by atoms with Crippen LogP contribution in [0.2, 0.25) is 5.02 Å². The lowest BCUT2D eigenvalue weighted by Crippen LogP contribution is -2.21. The number of hydrogen-bond acceptors (Lipinski definition) is 5. The van der Waals surface area contributed by atoms with Crippen LogP contribution in [0.4, 0.5) is 5.69 Å². The van der Waals surface area contributed by atoms with Crippen molar-refractivity contribution in [3.63, 3.8) is 0 Å². The molecule has 0 aliphatic carbocycles. The topological polar surface area (TPSA) is 135 Å². The predicted molar refractivity (Wildman–Crippen MR) is 67.0 cm³/mol. The molecule has 92 valence electrons. The SMILES string of the molecule is N#C/C(=N\Nc1cc(C(=O)O)ccc1Cl)C(=N)N. The van der Waals surface area contributed by atoms with E-state index in [0.717, 1.165) is 0 Å². The van der Waals surface area contributed by atoms with Crippen LogP contribution in [0.3, 0.4) is 0 Å². The van der Waals surface area contributed by atoms with Crippen molar-refractivity contribution in [2.45, 2.75) is 0 Å². The fourth-order valence-corrected chi connectivity index (χ4v) is 1.17. The Balaban J connectivity index is 3.05. The van der Waals surface area contributed by atoms with Gasteiger partial charge < -0.3 is 10.8 Å². The van der Waals surface area contributed by atoms with E-state index in [1.165, 1.54) is 18.2 Å². The Hall–Kier alpha value is -2.59. The van der Waals surface area contributed by atoms with Gasteiger partial charge in [-0.3, -0.25) is 10.8 Å². The van der Waals surface area contributed by atoms with Gasteiger partial charge in [-0.05, 0) is 18.2 Å². The molecule has 0 amide bonds. The van der Waals surface area contributed by atoms with Crippen LogP contribution in [0, 0.1) is 16.7 Å². The third-order valence-electron chi connectivity index (χ3n) is 1.86. The van der Waals surface area contributed by atoms with Gasteiger partial charge >= 0.3 is 5.97 Å². The zero-order chi connectivity index (χ0) is 13.7. The summed E-state index contributed by atoms with van der Waals surface area (Å²) in [5.41, 5.74) is 7.37. The van der Waals surface area contributed by atoms with Crippen molar-refractivity contribution < 1.29 is 9.90 Å². The van der Waals surface area contributed by atoms with Gasteiger partial charge in [-0.2, -0.15) is 10.4 Å². The second-order valence-corrected chi connectivity index (χ2v) is 3.50. The molecule has 0 radical (unpaired) electrons. The van der Waals surface area contributed by atoms with Crippen LogP contribution < -0.4 is 11.2 Å². The summed E-state index contributed by atoms with van der Waals surface area (Å²) in [5, 5.41) is 28.2. The number of rotatable bonds is 4. The van der Waals surface area contributed by atoms with Gasteiger partial charge in [0, 0.05) is 0 Å². The number of hydrogen-bond donors (Lipinski definition) is 4. The first-order valence-corrected chi connectivity index (χ1v) is 4.94. The van der Waals surface area contributed by atoms with Gasteiger partial charge in [-0.1, -0.05) is 11.6 Å². The minimum atomic E-state index is -1.12. The summed E-state index contributed by atoms with van der Waals surface area (Å²) in [5.74, 6) is -1.62. The van der Waals surface area contributed by atoms with E-state index in [2.05, 4.69) is 10.5 Å². The number of nitrogens with two attached hydrogens (primary N) is 1. The highest BCUT2D eigenvalue weighted by atomic mass is 35.5. The van der Waals surface area contributed by atoms with Gasteiger partial charge in [0.05, 0.1) is 16.3 Å². The first-order chi connectivity index (χ1) is 8.45. The quantitative estimate of drug-likeness (QED) is 0.369. The Labute approximate surface area is 107 Å². The molecule has 1 rings (SSSR count). The van der Waals surface area contributed by atoms with Crippen LogP contribution in [0.25, 0.3) is 0 Å². The number of anilines is 1. The highest BCUT2D eigenvalue weighted by Gasteiger charge is 2.07. The molecule has 0 aliphatic rings. The van der Waals surface area contributed by atoms with Crippen molar-refractivity contribution in [1.29, 1.82) is 10.7 Å². The van der Waals surface area contributed by atoms with Crippen molar-refractivity contribution in [3.8, 4) is 6.07 Å². The van der Waals surface area contributed by atoms with Crippen LogP contribution in [0.1, 0.15) is 10.4 Å². The van der Waals surface area contributed by atoms with Crippen LogP contribution >= 0.6 is 11.6 Å². The van der Waals surface area contributed by atoms with Crippen molar-refractivity contribution in [1.82, 2.24) is 0 Å². The Bertz CT molecular complexity index is 576. The monoisotopic (exact) mass is 265 g/mol. The van der Waals surface area contributed by atoms with E-state index in [4.69, 9.17) is 33.1 Å². The van der Waals surface area contributed by atoms with Crippen LogP contribution in [-0.4, -0.2) is 22.6 Å². The molecule has 0 unspecified atom stereocenters. The molecule has 5 N–H and O–H groups in total. The average Bonchev–Trinajstić information content (AvgIpc) is 2.31. The van der Waals surface area contributed by atoms with E-state index in [-0.39, 0.29) is 22.0 Å². The smallest absolute Gasteiger partial charge is 0.335 e. The summed E-state index contributed by atoms with van der Waals surface area (Å²) in [7, 11) is 0. The second kappa shape index (κ2) is 5.65. The number of hydrazone groups is 1. The fraction of sp³-hybridized carbons (Fsp3) is 0. The number of nitrogens with one attached hydrogen (secondary N) is 2. The Morgan fingerprint density at radius 3 is 2.78 bits per heavy atom. The van der Waals surface area contributed by atoms with Gasteiger partial charge in [0.2, 0.25) is 5.71 Å². The third-order valence-corrected chi connectivity index (χ3v) is 2.19. The summed E-state index contributed by atoms with van der Waals surface area (Å²) in [6, 6.07) is 5.57. The van der Waals surface area contributed by atoms with Crippen LogP contribution in [0.15, 0.2) is 23.3 Å². The molecule has 0 aromatic heterocycles. The summed E-state index contributed by atoms with van der Waals surface area (Å²) >= 11 is 5.81. The number of nitrogens with zero attached hydrogens (tertiary/aromatic N) is 2. The molecule has 0 fully saturated rings. The number of nitriles is 1. The van der Waals surface area contributed by atoms with Crippen LogP contribution in [-0.2, 0) is 0 Å². The predicted octanol–water partition coefficient (Wildman–Crippen LogP) is 1.27. The summed E-state index contributed by atoms with van der Waals surface area (Å²) in [6.07, 6.45) is 0. The first kappa shape index (κ1) is 13.5. The summed E-state index contributed by atoms with van der Waals surface area (Å²) < 4.78 is 0. The number of aromatic carboxylic acids is 1. The zero-order valence-corrected chi connectivity index (χ0v) is 9.69. The van der Waals surface area contributed by atoms with E-state index >= 15 is 0 Å². The molecule has 0 saturated carbocycles. The highest BCUT2D eigenvalue weighted by Crippen LogP contribution is 2.23. The number of benzene rings is 1. The van der Waals surface area contributed by atoms with E-state index < -0.39 is 11.8 Å². The summed E-state index contributed by atoms with van der Waals surface area (Å²) in [4.78, 5) is 10.8. The lowest BCUT2D eigenvalue weighted by molar-refractivity contribution is 0.0697. The molecule has 0 heterocycles. The van der Waals surface area contributed by atoms with Gasteiger partial charge in [0.1, 0.15) is 6.07 Å². The number of halogens is 1. The lowest BCUT2D eigenvalue weighted by atomic mass is 10.2. The molecule has 1 aromatic rings. The van der Waals surface area contributed by atoms with E-state index in [1.807, 2.05) is 0 Å². The molecule has 0 saturated heterocycles. The minimum Gasteiger partial charge on any atom is -0.478 e. The Kier molecular flexibility index (Phi) is 4.23. The van der Waals surface area contributed by atoms with E-state index in [0.29, 0.717) is 0 Å². The van der Waals surface area contributed by atoms with Gasteiger partial charge in [-0.15, -0.1) is 0 Å². The average molecular weight is 266 g/mol. The molecule has 0 spiro atoms. The second-order valence-electron chi connectivity index (χ2n) is 3.10. The highest BCUT2D eigenvalue weighted by molar-refractivity contribution is 6.46. The zero-order valence-electron chi connectivity index (χ0n) is 8.94. The van der Waals surface area contributed by atoms with E-state index in [9.17, 15) is 4.79 Å². The summed E-state index contributed by atoms with van der Waals surface area (Å²) in [6.45, 7) is 0. The molecule has 1 aromatic carbocycles. The van der Waals surface area contributed by atoms with Gasteiger partial charge in [0.15, 0.2) is 5.84 Å². The van der Waals surface area contributed by atoms with Gasteiger partial charge in [0.25, 0.3) is 0 Å². The van der Waals surface area contributed by atoms with Crippen molar-refractivity contribution in [2.24, 2.45) is 10.8 Å².